The highest BCUT2D eigenvalue weighted by Gasteiger charge is 2.30. The number of carbonyl (C=O) groups excluding carboxylic acids is 4. The molecule has 0 amide bonds. The average Bonchev–Trinajstić information content (AvgIpc) is 3.52. The predicted molar refractivity (Wildman–Crippen MR) is 358 cm³/mol. The van der Waals surface area contributed by atoms with Crippen LogP contribution in [0, 0.1) is 17.8 Å². The summed E-state index contributed by atoms with van der Waals surface area (Å²) in [7, 11) is -9.90. The summed E-state index contributed by atoms with van der Waals surface area (Å²) in [4.78, 5) is 72.5. The van der Waals surface area contributed by atoms with Crippen LogP contribution < -0.4 is 0 Å². The van der Waals surface area contributed by atoms with Crippen LogP contribution in [-0.4, -0.2) is 96.7 Å². The molecule has 0 heterocycles. The van der Waals surface area contributed by atoms with Crippen molar-refractivity contribution in [3.05, 3.63) is 0 Å². The second kappa shape index (κ2) is 61.0. The number of hydrogen-bond donors (Lipinski definition) is 3. The van der Waals surface area contributed by atoms with Crippen LogP contribution in [0.15, 0.2) is 0 Å². The van der Waals surface area contributed by atoms with Gasteiger partial charge in [-0.2, -0.15) is 0 Å². The Bertz CT molecular complexity index is 1750. The standard InChI is InChI=1S/C70H136O17P2/c1-8-11-12-13-14-15-16-17-18-19-20-23-30-39-46-53-69(74)86-65(57-80-67(72)51-44-37-29-24-21-22-27-34-41-48-61(4)5)59-84-88(76,77)82-55-64(71)56-83-89(78,79)85-60-66(58-81-68(73)52-45-38-33-32-36-43-50-63(7)10-3)87-70(75)54-47-40-31-26-25-28-35-42-49-62(6)9-2/h61-66,71H,8-60H2,1-7H3,(H,76,77)(H,78,79)/t62?,63?,64-,65-,66-/m1/s1. The number of esters is 4. The first-order chi connectivity index (χ1) is 42.8. The van der Waals surface area contributed by atoms with E-state index >= 15 is 0 Å². The maximum absolute atomic E-state index is 13.0. The molecule has 0 radical (unpaired) electrons. The van der Waals surface area contributed by atoms with Gasteiger partial charge in [0, 0.05) is 25.7 Å². The number of phosphoric ester groups is 2. The van der Waals surface area contributed by atoms with Crippen molar-refractivity contribution in [2.45, 2.75) is 369 Å². The maximum Gasteiger partial charge on any atom is 0.472 e. The van der Waals surface area contributed by atoms with Crippen molar-refractivity contribution in [1.29, 1.82) is 0 Å². The SMILES string of the molecule is CCCCCCCCCCCCCCCCCC(=O)O[C@H](COC(=O)CCCCCCCCCCCC(C)C)COP(=O)(O)OC[C@@H](O)COP(=O)(O)OC[C@@H](COC(=O)CCCCCCCCC(C)CC)OC(=O)CCCCCCCCCCC(C)CC. The molecule has 0 aliphatic rings. The third-order valence-corrected chi connectivity index (χ3v) is 18.8. The van der Waals surface area contributed by atoms with Gasteiger partial charge >= 0.3 is 39.5 Å². The summed E-state index contributed by atoms with van der Waals surface area (Å²) in [5.74, 6) is 0.116. The Labute approximate surface area is 543 Å². The Morgan fingerprint density at radius 3 is 0.854 bits per heavy atom. The quantitative estimate of drug-likeness (QED) is 0.0222. The lowest BCUT2D eigenvalue weighted by molar-refractivity contribution is -0.161. The lowest BCUT2D eigenvalue weighted by Crippen LogP contribution is -2.30. The number of hydrogen-bond acceptors (Lipinski definition) is 15. The molecule has 0 spiro atoms. The molecule has 0 saturated carbocycles. The first kappa shape index (κ1) is 87.1. The zero-order valence-electron chi connectivity index (χ0n) is 57.9. The minimum atomic E-state index is -4.95. The fourth-order valence-electron chi connectivity index (χ4n) is 10.5. The van der Waals surface area contributed by atoms with Crippen LogP contribution in [-0.2, 0) is 65.4 Å². The highest BCUT2D eigenvalue weighted by molar-refractivity contribution is 7.47. The number of ether oxygens (including phenoxy) is 4. The molecule has 3 N–H and O–H groups in total. The van der Waals surface area contributed by atoms with Crippen LogP contribution in [0.5, 0.6) is 0 Å². The molecule has 528 valence electrons. The van der Waals surface area contributed by atoms with Crippen LogP contribution in [0.25, 0.3) is 0 Å². The van der Waals surface area contributed by atoms with Gasteiger partial charge in [0.05, 0.1) is 26.4 Å². The highest BCUT2D eigenvalue weighted by atomic mass is 31.2. The number of aliphatic hydroxyl groups is 1. The summed E-state index contributed by atoms with van der Waals surface area (Å²) in [6.07, 6.45) is 44.4. The van der Waals surface area contributed by atoms with E-state index in [-0.39, 0.29) is 25.7 Å². The Kier molecular flexibility index (Phi) is 59.6. The van der Waals surface area contributed by atoms with Gasteiger partial charge in [0.25, 0.3) is 0 Å². The number of aliphatic hydroxyl groups excluding tert-OH is 1. The Morgan fingerprint density at radius 1 is 0.326 bits per heavy atom. The monoisotopic (exact) mass is 1310 g/mol. The lowest BCUT2D eigenvalue weighted by atomic mass is 9.99. The minimum Gasteiger partial charge on any atom is -0.462 e. The Hall–Kier alpha value is -1.94. The van der Waals surface area contributed by atoms with Crippen LogP contribution in [0.3, 0.4) is 0 Å². The molecule has 7 atom stereocenters. The van der Waals surface area contributed by atoms with Crippen LogP contribution in [0.1, 0.15) is 350 Å². The molecule has 0 aromatic carbocycles. The largest absolute Gasteiger partial charge is 0.472 e. The fourth-order valence-corrected chi connectivity index (χ4v) is 12.1. The summed E-state index contributed by atoms with van der Waals surface area (Å²) >= 11 is 0. The third-order valence-electron chi connectivity index (χ3n) is 16.9. The molecule has 17 nitrogen and oxygen atoms in total. The van der Waals surface area contributed by atoms with Gasteiger partial charge in [-0.3, -0.25) is 37.3 Å². The molecule has 89 heavy (non-hydrogen) atoms. The second-order valence-electron chi connectivity index (χ2n) is 26.2. The summed E-state index contributed by atoms with van der Waals surface area (Å²) in [6.45, 7) is 11.8. The maximum atomic E-state index is 13.0. The molecule has 0 aromatic rings. The summed E-state index contributed by atoms with van der Waals surface area (Å²) in [5.41, 5.74) is 0. The van der Waals surface area contributed by atoms with Gasteiger partial charge in [0.2, 0.25) is 0 Å². The first-order valence-electron chi connectivity index (χ1n) is 36.4. The van der Waals surface area contributed by atoms with Crippen molar-refractivity contribution in [2.24, 2.45) is 17.8 Å². The zero-order chi connectivity index (χ0) is 65.9. The van der Waals surface area contributed by atoms with E-state index in [0.29, 0.717) is 25.7 Å². The summed E-state index contributed by atoms with van der Waals surface area (Å²) < 4.78 is 68.3. The van der Waals surface area contributed by atoms with E-state index in [9.17, 15) is 43.2 Å². The predicted octanol–water partition coefficient (Wildman–Crippen LogP) is 19.8. The molecule has 0 aromatic heterocycles. The van der Waals surface area contributed by atoms with Crippen LogP contribution >= 0.6 is 15.6 Å². The topological polar surface area (TPSA) is 237 Å². The number of unbranched alkanes of at least 4 members (excludes halogenated alkanes) is 34. The normalized spacial score (nSPS) is 14.8. The molecular formula is C70H136O17P2. The summed E-state index contributed by atoms with van der Waals surface area (Å²) in [6, 6.07) is 0. The van der Waals surface area contributed by atoms with E-state index in [4.69, 9.17) is 37.0 Å². The van der Waals surface area contributed by atoms with E-state index < -0.39 is 97.5 Å². The molecule has 0 aliphatic heterocycles. The third kappa shape index (κ3) is 62.0. The van der Waals surface area contributed by atoms with Gasteiger partial charge in [-0.25, -0.2) is 9.13 Å². The molecular weight excluding hydrogens is 1170 g/mol. The van der Waals surface area contributed by atoms with Crippen molar-refractivity contribution in [1.82, 2.24) is 0 Å². The van der Waals surface area contributed by atoms with Crippen molar-refractivity contribution in [3.63, 3.8) is 0 Å². The van der Waals surface area contributed by atoms with Crippen LogP contribution in [0.4, 0.5) is 0 Å². The van der Waals surface area contributed by atoms with Gasteiger partial charge in [0.1, 0.15) is 19.3 Å². The van der Waals surface area contributed by atoms with Gasteiger partial charge in [-0.05, 0) is 43.4 Å². The van der Waals surface area contributed by atoms with Gasteiger partial charge < -0.3 is 33.8 Å². The summed E-state index contributed by atoms with van der Waals surface area (Å²) in [5, 5.41) is 10.6. The minimum absolute atomic E-state index is 0.104. The average molecular weight is 1310 g/mol. The zero-order valence-corrected chi connectivity index (χ0v) is 59.7. The molecule has 0 aliphatic carbocycles. The van der Waals surface area contributed by atoms with E-state index in [0.717, 1.165) is 114 Å². The molecule has 0 saturated heterocycles. The van der Waals surface area contributed by atoms with Crippen molar-refractivity contribution in [2.75, 3.05) is 39.6 Å². The van der Waals surface area contributed by atoms with Crippen LogP contribution in [0.2, 0.25) is 0 Å². The fraction of sp³-hybridized carbons (Fsp3) is 0.943. The van der Waals surface area contributed by atoms with Crippen molar-refractivity contribution in [3.8, 4) is 0 Å². The van der Waals surface area contributed by atoms with E-state index in [2.05, 4.69) is 48.5 Å². The molecule has 0 bridgehead atoms. The van der Waals surface area contributed by atoms with Gasteiger partial charge in [-0.15, -0.1) is 0 Å². The van der Waals surface area contributed by atoms with E-state index in [1.165, 1.54) is 154 Å². The molecule has 4 unspecified atom stereocenters. The second-order valence-corrected chi connectivity index (χ2v) is 29.1. The molecule has 0 fully saturated rings. The van der Waals surface area contributed by atoms with Gasteiger partial charge in [0.15, 0.2) is 12.2 Å². The number of rotatable bonds is 68. The molecule has 19 heteroatoms. The van der Waals surface area contributed by atoms with Gasteiger partial charge in [-0.1, -0.05) is 299 Å². The molecule has 0 rings (SSSR count). The lowest BCUT2D eigenvalue weighted by Gasteiger charge is -2.21. The van der Waals surface area contributed by atoms with E-state index in [1.807, 2.05) is 0 Å². The number of carbonyl (C=O) groups is 4. The van der Waals surface area contributed by atoms with E-state index in [1.54, 1.807) is 0 Å². The highest BCUT2D eigenvalue weighted by Crippen LogP contribution is 2.45. The van der Waals surface area contributed by atoms with Crippen molar-refractivity contribution < 1.29 is 80.2 Å². The Morgan fingerprint density at radius 2 is 0.573 bits per heavy atom. The Balaban J connectivity index is 5.27. The smallest absolute Gasteiger partial charge is 0.462 e. The number of phosphoric acid groups is 2. The first-order valence-corrected chi connectivity index (χ1v) is 39.4. The van der Waals surface area contributed by atoms with Crippen molar-refractivity contribution >= 4 is 39.5 Å².